The molecule has 1 aromatic heterocycles. The molecule has 3 aromatic rings. The summed E-state index contributed by atoms with van der Waals surface area (Å²) in [6, 6.07) is 8.01. The number of aromatic nitrogens is 1. The van der Waals surface area contributed by atoms with Crippen molar-refractivity contribution in [3.63, 3.8) is 0 Å². The van der Waals surface area contributed by atoms with E-state index in [1.165, 1.54) is 12.1 Å². The van der Waals surface area contributed by atoms with Crippen LogP contribution in [0.3, 0.4) is 0 Å². The first-order valence-corrected chi connectivity index (χ1v) is 12.4. The number of nitrogens with zero attached hydrogens (tertiary/aromatic N) is 2. The molecule has 38 heavy (non-hydrogen) atoms. The molecule has 2 amide bonds. The Morgan fingerprint density at radius 2 is 1.47 bits per heavy atom. The molecule has 2 aromatic carbocycles. The van der Waals surface area contributed by atoms with Crippen LogP contribution in [0.25, 0.3) is 10.2 Å². The number of alkyl halides is 3. The number of hydrogen-bond acceptors (Lipinski definition) is 8. The molecule has 0 unspecified atom stereocenters. The Morgan fingerprint density at radius 3 is 1.97 bits per heavy atom. The maximum Gasteiger partial charge on any atom is 0.426 e. The predicted molar refractivity (Wildman–Crippen MR) is 136 cm³/mol. The Bertz CT molecular complexity index is 1280. The number of benzene rings is 2. The molecule has 3 rings (SSSR count). The number of anilines is 1. The van der Waals surface area contributed by atoms with Crippen molar-refractivity contribution in [3.8, 4) is 5.75 Å². The van der Waals surface area contributed by atoms with E-state index in [1.807, 2.05) is 0 Å². The normalized spacial score (nSPS) is 12.4. The summed E-state index contributed by atoms with van der Waals surface area (Å²) in [6.45, 7) is 9.47. The van der Waals surface area contributed by atoms with E-state index in [4.69, 9.17) is 14.2 Å². The first-order valence-electron chi connectivity index (χ1n) is 11.6. The number of fused-ring (bicyclic) bond motifs is 1. The maximum absolute atomic E-state index is 13.7. The van der Waals surface area contributed by atoms with E-state index in [0.717, 1.165) is 23.5 Å². The summed E-state index contributed by atoms with van der Waals surface area (Å²) in [4.78, 5) is 30.9. The Morgan fingerprint density at radius 1 is 0.921 bits per heavy atom. The quantitative estimate of drug-likeness (QED) is 0.351. The van der Waals surface area contributed by atoms with Crippen LogP contribution in [0.2, 0.25) is 0 Å². The van der Waals surface area contributed by atoms with E-state index < -0.39 is 35.1 Å². The summed E-state index contributed by atoms with van der Waals surface area (Å²) >= 11 is 0.720. The highest BCUT2D eigenvalue weighted by Gasteiger charge is 2.36. The summed E-state index contributed by atoms with van der Waals surface area (Å²) in [6.07, 6.45) is -6.81. The first-order chi connectivity index (χ1) is 17.4. The summed E-state index contributed by atoms with van der Waals surface area (Å²) in [5.41, 5.74) is -1.91. The second-order valence-corrected chi connectivity index (χ2v) is 11.4. The number of ether oxygens (including phenoxy) is 3. The van der Waals surface area contributed by atoms with Gasteiger partial charge in [0.1, 0.15) is 17.0 Å². The van der Waals surface area contributed by atoms with Crippen molar-refractivity contribution < 1.29 is 42.1 Å². The number of imide groups is 1. The fraction of sp³-hybridized carbons (Fsp3) is 0.423. The van der Waals surface area contributed by atoms with E-state index in [2.05, 4.69) is 4.98 Å². The molecule has 0 aliphatic heterocycles. The van der Waals surface area contributed by atoms with Crippen LogP contribution in [0.1, 0.15) is 58.2 Å². The van der Waals surface area contributed by atoms with Crippen LogP contribution < -0.4 is 4.90 Å². The van der Waals surface area contributed by atoms with Gasteiger partial charge < -0.3 is 19.3 Å². The number of hydrogen-bond donors (Lipinski definition) is 1. The van der Waals surface area contributed by atoms with Crippen molar-refractivity contribution in [1.82, 2.24) is 4.98 Å². The molecule has 0 bridgehead atoms. The van der Waals surface area contributed by atoms with Crippen molar-refractivity contribution in [2.75, 3.05) is 4.90 Å². The minimum Gasteiger partial charge on any atom is -0.508 e. The zero-order valence-corrected chi connectivity index (χ0v) is 22.6. The molecule has 0 radical (unpaired) electrons. The van der Waals surface area contributed by atoms with Crippen LogP contribution in [0.5, 0.6) is 5.75 Å². The highest BCUT2D eigenvalue weighted by molar-refractivity contribution is 7.22. The standard InChI is InChI=1S/C26H29F3N2O6S/c1-24(2,3)36-22(33)31(23(34)37-25(4,5)6)21-30-20-16(11-17(26(27,28)29)12-19(20)38-21)14-35-13-15-7-9-18(32)10-8-15/h7-12,32H,13-14H2,1-6H3. The molecule has 0 aliphatic carbocycles. The van der Waals surface area contributed by atoms with Crippen molar-refractivity contribution >= 4 is 38.9 Å². The molecule has 1 heterocycles. The third-order valence-electron chi connectivity index (χ3n) is 4.70. The van der Waals surface area contributed by atoms with Crippen LogP contribution >= 0.6 is 11.3 Å². The van der Waals surface area contributed by atoms with Crippen molar-refractivity contribution in [2.24, 2.45) is 0 Å². The lowest BCUT2D eigenvalue weighted by atomic mass is 10.1. The van der Waals surface area contributed by atoms with Gasteiger partial charge in [-0.05, 0) is 71.4 Å². The van der Waals surface area contributed by atoms with Crippen molar-refractivity contribution in [2.45, 2.75) is 72.1 Å². The van der Waals surface area contributed by atoms with Gasteiger partial charge in [0, 0.05) is 5.56 Å². The first kappa shape index (κ1) is 29.2. The second-order valence-electron chi connectivity index (χ2n) is 10.4. The molecule has 0 spiro atoms. The Hall–Kier alpha value is -3.38. The number of aromatic hydroxyl groups is 1. The van der Waals surface area contributed by atoms with Crippen molar-refractivity contribution in [1.29, 1.82) is 0 Å². The lowest BCUT2D eigenvalue weighted by molar-refractivity contribution is -0.137. The minimum absolute atomic E-state index is 0.0664. The molecule has 12 heteroatoms. The van der Waals surface area contributed by atoms with Gasteiger partial charge in [0.25, 0.3) is 0 Å². The number of amides is 2. The molecule has 206 valence electrons. The average molecular weight is 555 g/mol. The number of carbonyl (C=O) groups excluding carboxylic acids is 2. The van der Waals surface area contributed by atoms with E-state index in [1.54, 1.807) is 53.7 Å². The smallest absolute Gasteiger partial charge is 0.426 e. The van der Waals surface area contributed by atoms with Gasteiger partial charge in [-0.3, -0.25) is 0 Å². The fourth-order valence-corrected chi connectivity index (χ4v) is 4.21. The molecular formula is C26H29F3N2O6S. The lowest BCUT2D eigenvalue weighted by Gasteiger charge is -2.27. The number of halogens is 3. The Labute approximate surface area is 221 Å². The summed E-state index contributed by atoms with van der Waals surface area (Å²) < 4.78 is 57.4. The third kappa shape index (κ3) is 7.81. The zero-order valence-electron chi connectivity index (χ0n) is 21.8. The van der Waals surface area contributed by atoms with E-state index in [9.17, 15) is 27.9 Å². The number of carbonyl (C=O) groups is 2. The summed E-state index contributed by atoms with van der Waals surface area (Å²) in [5.74, 6) is 0.0721. The molecule has 0 saturated heterocycles. The number of thiazole rings is 1. The number of phenolic OH excluding ortho intramolecular Hbond substituents is 1. The average Bonchev–Trinajstić information content (AvgIpc) is 3.15. The monoisotopic (exact) mass is 554 g/mol. The maximum atomic E-state index is 13.7. The minimum atomic E-state index is -4.65. The Balaban J connectivity index is 2.03. The second kappa shape index (κ2) is 10.8. The SMILES string of the molecule is CC(C)(C)OC(=O)N(C(=O)OC(C)(C)C)c1nc2c(COCc3ccc(O)cc3)cc(C(F)(F)F)cc2s1. The van der Waals surface area contributed by atoms with Gasteiger partial charge in [0.15, 0.2) is 0 Å². The van der Waals surface area contributed by atoms with Gasteiger partial charge in [0.05, 0.1) is 29.0 Å². The molecule has 0 atom stereocenters. The van der Waals surface area contributed by atoms with Crippen LogP contribution in [0, 0.1) is 0 Å². The molecule has 0 aliphatic rings. The van der Waals surface area contributed by atoms with Crippen LogP contribution in [0.4, 0.5) is 27.9 Å². The Kier molecular flexibility index (Phi) is 8.27. The number of phenols is 1. The van der Waals surface area contributed by atoms with Gasteiger partial charge in [-0.15, -0.1) is 0 Å². The van der Waals surface area contributed by atoms with Crippen molar-refractivity contribution in [3.05, 3.63) is 53.1 Å². The molecule has 0 fully saturated rings. The van der Waals surface area contributed by atoms with Crippen LogP contribution in [0.15, 0.2) is 36.4 Å². The largest absolute Gasteiger partial charge is 0.508 e. The molecule has 0 saturated carbocycles. The van der Waals surface area contributed by atoms with E-state index >= 15 is 0 Å². The third-order valence-corrected chi connectivity index (χ3v) is 5.68. The molecule has 8 nitrogen and oxygen atoms in total. The molecular weight excluding hydrogens is 525 g/mol. The zero-order chi connectivity index (χ0) is 28.5. The number of rotatable bonds is 5. The summed E-state index contributed by atoms with van der Waals surface area (Å²) in [5, 5.41) is 9.20. The van der Waals surface area contributed by atoms with Gasteiger partial charge >= 0.3 is 18.4 Å². The van der Waals surface area contributed by atoms with Gasteiger partial charge in [-0.2, -0.15) is 18.1 Å². The van der Waals surface area contributed by atoms with E-state index in [0.29, 0.717) is 10.5 Å². The molecule has 1 N–H and O–H groups in total. The summed E-state index contributed by atoms with van der Waals surface area (Å²) in [7, 11) is 0. The highest BCUT2D eigenvalue weighted by Crippen LogP contribution is 2.38. The predicted octanol–water partition coefficient (Wildman–Crippen LogP) is 7.41. The van der Waals surface area contributed by atoms with Gasteiger partial charge in [0.2, 0.25) is 5.13 Å². The van der Waals surface area contributed by atoms with E-state index in [-0.39, 0.29) is 39.9 Å². The van der Waals surface area contributed by atoms with Gasteiger partial charge in [-0.25, -0.2) is 14.6 Å². The van der Waals surface area contributed by atoms with Gasteiger partial charge in [-0.1, -0.05) is 23.5 Å². The van der Waals surface area contributed by atoms with Crippen LogP contribution in [-0.4, -0.2) is 33.5 Å². The highest BCUT2D eigenvalue weighted by atomic mass is 32.1. The van der Waals surface area contributed by atoms with Crippen LogP contribution in [-0.2, 0) is 33.6 Å². The lowest BCUT2D eigenvalue weighted by Crippen LogP contribution is -2.43. The topological polar surface area (TPSA) is 98.2 Å². The fourth-order valence-electron chi connectivity index (χ4n) is 3.17.